The Morgan fingerprint density at radius 2 is 1.89 bits per heavy atom. The molecule has 1 unspecified atom stereocenters. The number of quaternary nitrogens is 1. The number of rotatable bonds is 6. The molecule has 0 radical (unpaired) electrons. The van der Waals surface area contributed by atoms with E-state index >= 15 is 8.78 Å². The predicted octanol–water partition coefficient (Wildman–Crippen LogP) is 2.74. The van der Waals surface area contributed by atoms with Crippen LogP contribution in [0.15, 0.2) is 77.6 Å². The van der Waals surface area contributed by atoms with Gasteiger partial charge in [-0.3, -0.25) is 9.79 Å². The number of aliphatic imine (C=N–C) groups is 1. The van der Waals surface area contributed by atoms with E-state index in [2.05, 4.69) is 10.3 Å². The molecule has 0 saturated carbocycles. The van der Waals surface area contributed by atoms with E-state index in [0.29, 0.717) is 17.5 Å². The molecule has 2 amide bonds. The van der Waals surface area contributed by atoms with Gasteiger partial charge in [-0.15, -0.1) is 0 Å². The summed E-state index contributed by atoms with van der Waals surface area (Å²) in [5, 5.41) is 15.8. The zero-order valence-electron chi connectivity index (χ0n) is 19.5. The third-order valence-electron chi connectivity index (χ3n) is 6.97. The van der Waals surface area contributed by atoms with Crippen LogP contribution in [0.5, 0.6) is 0 Å². The van der Waals surface area contributed by atoms with Crippen LogP contribution in [0.2, 0.25) is 0 Å². The van der Waals surface area contributed by atoms with E-state index in [9.17, 15) is 19.2 Å². The van der Waals surface area contributed by atoms with Crippen LogP contribution in [0.4, 0.5) is 13.2 Å². The van der Waals surface area contributed by atoms with E-state index in [1.807, 2.05) is 0 Å². The third-order valence-corrected chi connectivity index (χ3v) is 6.97. The van der Waals surface area contributed by atoms with Crippen molar-refractivity contribution in [2.24, 2.45) is 10.7 Å². The largest absolute Gasteiger partial charge is 0.618 e. The minimum atomic E-state index is -3.71. The van der Waals surface area contributed by atoms with Gasteiger partial charge in [-0.05, 0) is 18.2 Å². The Balaban J connectivity index is 1.51. The van der Waals surface area contributed by atoms with Crippen LogP contribution in [0, 0.1) is 11.0 Å². The molecule has 37 heavy (non-hydrogen) atoms. The molecule has 0 spiro atoms. The van der Waals surface area contributed by atoms with Crippen molar-refractivity contribution in [3.8, 4) is 0 Å². The number of allylic oxidation sites excluding steroid dienone is 1. The molecule has 2 aromatic carbocycles. The lowest BCUT2D eigenvalue weighted by Gasteiger charge is -2.38. The number of primary amides is 1. The fourth-order valence-electron chi connectivity index (χ4n) is 5.13. The third kappa shape index (κ3) is 4.01. The number of hydrogen-bond donors (Lipinski definition) is 2. The number of alkyl halides is 2. The number of pyridine rings is 1. The van der Waals surface area contributed by atoms with Crippen LogP contribution in [0.25, 0.3) is 10.9 Å². The van der Waals surface area contributed by atoms with E-state index in [0.717, 1.165) is 6.07 Å². The summed E-state index contributed by atoms with van der Waals surface area (Å²) in [6.45, 7) is -1.43. The number of halogens is 3. The number of amides is 2. The maximum Gasteiger partial charge on any atom is 0.386 e. The normalized spacial score (nSPS) is 22.6. The van der Waals surface area contributed by atoms with Crippen molar-refractivity contribution in [2.45, 2.75) is 31.4 Å². The summed E-state index contributed by atoms with van der Waals surface area (Å²) < 4.78 is 44.4. The van der Waals surface area contributed by atoms with Gasteiger partial charge in [-0.25, -0.2) is 13.7 Å². The Morgan fingerprint density at radius 3 is 2.65 bits per heavy atom. The van der Waals surface area contributed by atoms with Crippen LogP contribution in [0.3, 0.4) is 0 Å². The molecular formula is C26H23F3N5O3+. The van der Waals surface area contributed by atoms with Gasteiger partial charge in [0.15, 0.2) is 6.04 Å². The molecule has 8 nitrogen and oxygen atoms in total. The molecule has 3 N–H and O–H groups in total. The Bertz CT molecular complexity index is 1490. The maximum absolute atomic E-state index is 15.2. The molecule has 11 heteroatoms. The van der Waals surface area contributed by atoms with E-state index in [4.69, 9.17) is 5.73 Å². The Labute approximate surface area is 209 Å². The summed E-state index contributed by atoms with van der Waals surface area (Å²) in [5.74, 6) is -6.24. The summed E-state index contributed by atoms with van der Waals surface area (Å²) >= 11 is 0. The molecule has 5 rings (SSSR count). The van der Waals surface area contributed by atoms with Gasteiger partial charge in [0, 0.05) is 35.9 Å². The maximum atomic E-state index is 15.2. The number of nitrogens with zero attached hydrogens (tertiary/aromatic N) is 3. The summed E-state index contributed by atoms with van der Waals surface area (Å²) in [6.07, 6.45) is 2.00. The lowest BCUT2D eigenvalue weighted by atomic mass is 10.1. The number of fused-ring (bicyclic) bond motifs is 2. The molecule has 1 aromatic heterocycles. The van der Waals surface area contributed by atoms with Crippen molar-refractivity contribution in [3.63, 3.8) is 0 Å². The quantitative estimate of drug-likeness (QED) is 0.302. The van der Waals surface area contributed by atoms with Gasteiger partial charge < -0.3 is 16.3 Å². The van der Waals surface area contributed by atoms with E-state index < -0.39 is 52.2 Å². The average molecular weight is 510 g/mol. The number of aromatic nitrogens is 1. The lowest BCUT2D eigenvalue weighted by Crippen LogP contribution is -2.64. The van der Waals surface area contributed by atoms with Crippen LogP contribution >= 0.6 is 0 Å². The molecule has 2 atom stereocenters. The number of nitrogens with one attached hydrogen (secondary N) is 1. The monoisotopic (exact) mass is 510 g/mol. The molecule has 3 aromatic rings. The molecule has 1 fully saturated rings. The molecular weight excluding hydrogens is 487 g/mol. The number of nitrogens with two attached hydrogens (primary N) is 1. The summed E-state index contributed by atoms with van der Waals surface area (Å²) in [5.41, 5.74) is 5.53. The molecule has 0 bridgehead atoms. The molecule has 3 heterocycles. The molecule has 2 aliphatic heterocycles. The SMILES string of the molecule is NC(=O)[C@@H]1CCC2=CNC(=NCC(F)(F)c3ccc4ccccc4[n+]3[O-])C(=O)[N+]21Cc1ccccc1F. The van der Waals surface area contributed by atoms with Crippen LogP contribution in [-0.4, -0.2) is 34.7 Å². The van der Waals surface area contributed by atoms with Gasteiger partial charge in [0.1, 0.15) is 24.6 Å². The molecule has 190 valence electrons. The summed E-state index contributed by atoms with van der Waals surface area (Å²) in [7, 11) is 0. The van der Waals surface area contributed by atoms with Gasteiger partial charge in [-0.2, -0.15) is 13.5 Å². The Morgan fingerprint density at radius 1 is 1.16 bits per heavy atom. The summed E-state index contributed by atoms with van der Waals surface area (Å²) in [6, 6.07) is 13.5. The first kappa shape index (κ1) is 24.4. The first-order valence-electron chi connectivity index (χ1n) is 11.6. The van der Waals surface area contributed by atoms with Gasteiger partial charge in [0.25, 0.3) is 11.6 Å². The zero-order valence-corrected chi connectivity index (χ0v) is 19.5. The van der Waals surface area contributed by atoms with Crippen molar-refractivity contribution in [3.05, 3.63) is 94.8 Å². The van der Waals surface area contributed by atoms with Crippen molar-refractivity contribution >= 4 is 28.6 Å². The highest BCUT2D eigenvalue weighted by Gasteiger charge is 2.58. The van der Waals surface area contributed by atoms with E-state index in [-0.39, 0.29) is 28.8 Å². The Kier molecular flexibility index (Phi) is 5.95. The number of para-hydroxylation sites is 1. The second-order valence-corrected chi connectivity index (χ2v) is 9.10. The van der Waals surface area contributed by atoms with E-state index in [1.165, 1.54) is 36.5 Å². The van der Waals surface area contributed by atoms with Gasteiger partial charge in [-0.1, -0.05) is 30.3 Å². The van der Waals surface area contributed by atoms with Crippen molar-refractivity contribution in [1.29, 1.82) is 0 Å². The number of amidine groups is 1. The number of benzene rings is 2. The first-order chi connectivity index (χ1) is 17.6. The highest BCUT2D eigenvalue weighted by atomic mass is 19.3. The average Bonchev–Trinajstić information content (AvgIpc) is 3.25. The van der Waals surface area contributed by atoms with E-state index in [1.54, 1.807) is 24.3 Å². The standard InChI is InChI=1S/C26H22F3N5O3/c27-19-7-3-1-6-17(19)14-34-18(10-11-21(34)23(30)35)13-31-24(25(34)36)32-15-26(28,29)22-12-9-16-5-2-4-8-20(16)33(22)37/h1-9,12-13,21H,10-11,14-15H2,(H2-,30,31,32,35)/p+1/t21-,34?/m0/s1. The number of carbonyl (C=O) groups excluding carboxylic acids is 2. The van der Waals surface area contributed by atoms with Crippen LogP contribution in [-0.2, 0) is 22.1 Å². The van der Waals surface area contributed by atoms with Gasteiger partial charge in [0.2, 0.25) is 11.4 Å². The fourth-order valence-corrected chi connectivity index (χ4v) is 5.13. The second kappa shape index (κ2) is 9.00. The first-order valence-corrected chi connectivity index (χ1v) is 11.6. The van der Waals surface area contributed by atoms with Crippen molar-refractivity contribution in [1.82, 2.24) is 5.32 Å². The van der Waals surface area contributed by atoms with Crippen molar-refractivity contribution < 1.29 is 32.0 Å². The molecule has 0 aliphatic carbocycles. The van der Waals surface area contributed by atoms with Crippen LogP contribution in [0.1, 0.15) is 24.1 Å². The topological polar surface area (TPSA) is 111 Å². The molecule has 2 aliphatic rings. The number of carbonyl (C=O) groups is 2. The Hall–Kier alpha value is -4.25. The minimum absolute atomic E-state index is 0.0718. The highest BCUT2D eigenvalue weighted by molar-refractivity contribution is 6.36. The summed E-state index contributed by atoms with van der Waals surface area (Å²) in [4.78, 5) is 29.9. The minimum Gasteiger partial charge on any atom is -0.618 e. The second-order valence-electron chi connectivity index (χ2n) is 9.10. The molecule has 1 saturated heterocycles. The lowest BCUT2D eigenvalue weighted by molar-refractivity contribution is -0.834. The smallest absolute Gasteiger partial charge is 0.386 e. The highest BCUT2D eigenvalue weighted by Crippen LogP contribution is 2.41. The van der Waals surface area contributed by atoms with Crippen LogP contribution < -0.4 is 15.8 Å². The zero-order chi connectivity index (χ0) is 26.4. The van der Waals surface area contributed by atoms with Crippen molar-refractivity contribution in [2.75, 3.05) is 6.54 Å². The fraction of sp³-hybridized carbons (Fsp3) is 0.231. The van der Waals surface area contributed by atoms with Gasteiger partial charge >= 0.3 is 11.8 Å². The number of hydrogen-bond acceptors (Lipinski definition) is 4. The van der Waals surface area contributed by atoms with Gasteiger partial charge in [0.05, 0.1) is 6.20 Å². The predicted molar refractivity (Wildman–Crippen MR) is 128 cm³/mol.